The van der Waals surface area contributed by atoms with Gasteiger partial charge in [0.25, 0.3) is 0 Å². The Kier molecular flexibility index (Phi) is 4.82. The molecule has 0 aliphatic rings. The van der Waals surface area contributed by atoms with Gasteiger partial charge < -0.3 is 5.73 Å². The van der Waals surface area contributed by atoms with Crippen LogP contribution in [0.5, 0.6) is 0 Å². The Morgan fingerprint density at radius 2 is 2.15 bits per heavy atom. The first kappa shape index (κ1) is 15.5. The van der Waals surface area contributed by atoms with Crippen LogP contribution in [0.4, 0.5) is 0 Å². The van der Waals surface area contributed by atoms with E-state index in [0.29, 0.717) is 0 Å². The number of benzene rings is 1. The molecule has 0 saturated carbocycles. The SMILES string of the molecule is CC(NS(=O)(=O)c1cc(CN)ccc1Cl)c1cccs1. The molecule has 0 bridgehead atoms. The van der Waals surface area contributed by atoms with Crippen LogP contribution in [0.25, 0.3) is 0 Å². The van der Waals surface area contributed by atoms with Crippen LogP contribution in [-0.2, 0) is 16.6 Å². The van der Waals surface area contributed by atoms with Crippen LogP contribution < -0.4 is 10.5 Å². The molecule has 1 atom stereocenters. The highest BCUT2D eigenvalue weighted by Gasteiger charge is 2.21. The predicted octanol–water partition coefficient (Wildman–Crippen LogP) is 2.90. The molecular formula is C13H15ClN2O2S2. The van der Waals surface area contributed by atoms with E-state index in [1.54, 1.807) is 19.1 Å². The molecule has 0 amide bonds. The largest absolute Gasteiger partial charge is 0.326 e. The summed E-state index contributed by atoms with van der Waals surface area (Å²) in [5, 5.41) is 2.09. The first-order chi connectivity index (χ1) is 9.44. The van der Waals surface area contributed by atoms with E-state index in [1.165, 1.54) is 17.4 Å². The van der Waals surface area contributed by atoms with E-state index < -0.39 is 10.0 Å². The maximum absolute atomic E-state index is 12.4. The molecule has 4 nitrogen and oxygen atoms in total. The van der Waals surface area contributed by atoms with E-state index in [4.69, 9.17) is 17.3 Å². The summed E-state index contributed by atoms with van der Waals surface area (Å²) in [6.45, 7) is 2.06. The van der Waals surface area contributed by atoms with Gasteiger partial charge in [-0.25, -0.2) is 13.1 Å². The van der Waals surface area contributed by atoms with Crippen LogP contribution in [0.15, 0.2) is 40.6 Å². The summed E-state index contributed by atoms with van der Waals surface area (Å²) < 4.78 is 27.4. The van der Waals surface area contributed by atoms with E-state index in [0.717, 1.165) is 10.4 Å². The summed E-state index contributed by atoms with van der Waals surface area (Å²) in [6, 6.07) is 8.23. The van der Waals surface area contributed by atoms with Gasteiger partial charge in [0.15, 0.2) is 0 Å². The maximum atomic E-state index is 12.4. The molecule has 1 heterocycles. The summed E-state index contributed by atoms with van der Waals surface area (Å²) in [5.74, 6) is 0. The average molecular weight is 331 g/mol. The highest BCUT2D eigenvalue weighted by Crippen LogP contribution is 2.25. The number of rotatable bonds is 5. The zero-order chi connectivity index (χ0) is 14.8. The number of halogens is 1. The number of hydrogen-bond acceptors (Lipinski definition) is 4. The smallest absolute Gasteiger partial charge is 0.242 e. The van der Waals surface area contributed by atoms with E-state index in [-0.39, 0.29) is 22.5 Å². The minimum Gasteiger partial charge on any atom is -0.326 e. The lowest BCUT2D eigenvalue weighted by molar-refractivity contribution is 0.568. The van der Waals surface area contributed by atoms with Gasteiger partial charge in [0, 0.05) is 11.4 Å². The Morgan fingerprint density at radius 1 is 1.40 bits per heavy atom. The van der Waals surface area contributed by atoms with Crippen LogP contribution in [0.3, 0.4) is 0 Å². The van der Waals surface area contributed by atoms with Crippen LogP contribution in [-0.4, -0.2) is 8.42 Å². The minimum atomic E-state index is -3.68. The van der Waals surface area contributed by atoms with Gasteiger partial charge in [-0.05, 0) is 36.1 Å². The van der Waals surface area contributed by atoms with Crippen LogP contribution >= 0.6 is 22.9 Å². The highest BCUT2D eigenvalue weighted by molar-refractivity contribution is 7.89. The number of hydrogen-bond donors (Lipinski definition) is 2. The van der Waals surface area contributed by atoms with Gasteiger partial charge in [0.1, 0.15) is 4.90 Å². The molecule has 7 heteroatoms. The maximum Gasteiger partial charge on any atom is 0.242 e. The summed E-state index contributed by atoms with van der Waals surface area (Å²) in [7, 11) is -3.68. The van der Waals surface area contributed by atoms with Crippen molar-refractivity contribution in [2.75, 3.05) is 0 Å². The quantitative estimate of drug-likeness (QED) is 0.885. The Labute approximate surface area is 127 Å². The lowest BCUT2D eigenvalue weighted by Crippen LogP contribution is -2.26. The molecule has 2 aromatic rings. The third-order valence-corrected chi connectivity index (χ3v) is 5.90. The first-order valence-electron chi connectivity index (χ1n) is 5.98. The summed E-state index contributed by atoms with van der Waals surface area (Å²) in [5.41, 5.74) is 6.25. The van der Waals surface area contributed by atoms with Gasteiger partial charge in [-0.3, -0.25) is 0 Å². The molecule has 0 aliphatic carbocycles. The van der Waals surface area contributed by atoms with Crippen molar-refractivity contribution >= 4 is 33.0 Å². The highest BCUT2D eigenvalue weighted by atomic mass is 35.5. The molecule has 1 unspecified atom stereocenters. The van der Waals surface area contributed by atoms with Gasteiger partial charge in [0.2, 0.25) is 10.0 Å². The van der Waals surface area contributed by atoms with Crippen molar-refractivity contribution in [1.29, 1.82) is 0 Å². The fraction of sp³-hybridized carbons (Fsp3) is 0.231. The molecular weight excluding hydrogens is 316 g/mol. The molecule has 0 radical (unpaired) electrons. The number of nitrogens with two attached hydrogens (primary N) is 1. The summed E-state index contributed by atoms with van der Waals surface area (Å²) in [6.07, 6.45) is 0. The second-order valence-corrected chi connectivity index (χ2v) is 7.40. The van der Waals surface area contributed by atoms with Gasteiger partial charge >= 0.3 is 0 Å². The number of sulfonamides is 1. The van der Waals surface area contributed by atoms with Gasteiger partial charge in [-0.1, -0.05) is 23.7 Å². The molecule has 2 rings (SSSR count). The molecule has 20 heavy (non-hydrogen) atoms. The molecule has 0 fully saturated rings. The van der Waals surface area contributed by atoms with E-state index in [1.807, 2.05) is 17.5 Å². The van der Waals surface area contributed by atoms with Crippen molar-refractivity contribution in [1.82, 2.24) is 4.72 Å². The fourth-order valence-electron chi connectivity index (χ4n) is 1.77. The van der Waals surface area contributed by atoms with Crippen molar-refractivity contribution in [2.24, 2.45) is 5.73 Å². The molecule has 1 aromatic heterocycles. The minimum absolute atomic E-state index is 0.0607. The zero-order valence-corrected chi connectivity index (χ0v) is 13.2. The topological polar surface area (TPSA) is 72.2 Å². The Bertz CT molecular complexity index is 684. The zero-order valence-electron chi connectivity index (χ0n) is 10.8. The molecule has 108 valence electrons. The van der Waals surface area contributed by atoms with Crippen molar-refractivity contribution in [3.63, 3.8) is 0 Å². The van der Waals surface area contributed by atoms with Crippen LogP contribution in [0.1, 0.15) is 23.4 Å². The second kappa shape index (κ2) is 6.24. The van der Waals surface area contributed by atoms with Crippen molar-refractivity contribution in [3.05, 3.63) is 51.2 Å². The first-order valence-corrected chi connectivity index (χ1v) is 8.72. The van der Waals surface area contributed by atoms with Crippen molar-refractivity contribution in [2.45, 2.75) is 24.4 Å². The Hall–Kier alpha value is -0.920. The van der Waals surface area contributed by atoms with E-state index in [2.05, 4.69) is 4.72 Å². The molecule has 0 aliphatic heterocycles. The summed E-state index contributed by atoms with van der Waals surface area (Å²) >= 11 is 7.49. The predicted molar refractivity (Wildman–Crippen MR) is 82.4 cm³/mol. The van der Waals surface area contributed by atoms with E-state index in [9.17, 15) is 8.42 Å². The lowest BCUT2D eigenvalue weighted by Gasteiger charge is -2.14. The van der Waals surface area contributed by atoms with Crippen molar-refractivity contribution < 1.29 is 8.42 Å². The van der Waals surface area contributed by atoms with Crippen molar-refractivity contribution in [3.8, 4) is 0 Å². The molecule has 1 aromatic carbocycles. The van der Waals surface area contributed by atoms with Gasteiger partial charge in [-0.2, -0.15) is 0 Å². The number of nitrogens with one attached hydrogen (secondary N) is 1. The monoisotopic (exact) mass is 330 g/mol. The van der Waals surface area contributed by atoms with Gasteiger partial charge in [0.05, 0.1) is 11.1 Å². The standard InChI is InChI=1S/C13H15ClN2O2S2/c1-9(12-3-2-6-19-12)16-20(17,18)13-7-10(8-15)4-5-11(13)14/h2-7,9,16H,8,15H2,1H3. The third-order valence-electron chi connectivity index (χ3n) is 2.82. The van der Waals surface area contributed by atoms with Crippen LogP contribution in [0.2, 0.25) is 5.02 Å². The fourth-order valence-corrected chi connectivity index (χ4v) is 4.35. The van der Waals surface area contributed by atoms with Gasteiger partial charge in [-0.15, -0.1) is 11.3 Å². The Balaban J connectivity index is 2.31. The van der Waals surface area contributed by atoms with E-state index >= 15 is 0 Å². The summed E-state index contributed by atoms with van der Waals surface area (Å²) in [4.78, 5) is 1.00. The third kappa shape index (κ3) is 3.39. The number of thiophene rings is 1. The molecule has 0 spiro atoms. The normalized spacial score (nSPS) is 13.3. The molecule has 0 saturated heterocycles. The molecule has 3 N–H and O–H groups in total. The average Bonchev–Trinajstić information content (AvgIpc) is 2.92. The van der Waals surface area contributed by atoms with Crippen LogP contribution in [0, 0.1) is 0 Å². The lowest BCUT2D eigenvalue weighted by atomic mass is 10.2. The Morgan fingerprint density at radius 3 is 2.75 bits per heavy atom. The second-order valence-electron chi connectivity index (χ2n) is 4.33.